The summed E-state index contributed by atoms with van der Waals surface area (Å²) in [4.78, 5) is 40.8. The molecule has 0 aliphatic heterocycles. The number of nitrogens with zero attached hydrogens (tertiary/aromatic N) is 1. The van der Waals surface area contributed by atoms with Crippen LogP contribution in [0.4, 0.5) is 0 Å². The fraction of sp³-hybridized carbons (Fsp3) is 0.0323. The Morgan fingerprint density at radius 1 is 0.684 bits per heavy atom. The summed E-state index contributed by atoms with van der Waals surface area (Å²) in [5.74, 6) is -0.459. The Morgan fingerprint density at radius 2 is 1.39 bits per heavy atom. The Morgan fingerprint density at radius 3 is 2.18 bits per heavy atom. The van der Waals surface area contributed by atoms with E-state index in [1.54, 1.807) is 30.3 Å². The lowest BCUT2D eigenvalue weighted by molar-refractivity contribution is -0.112. The molecule has 7 rings (SSSR count). The van der Waals surface area contributed by atoms with Gasteiger partial charge in [-0.25, -0.2) is 4.98 Å². The number of halogens is 3. The fourth-order valence-corrected chi connectivity index (χ4v) is 5.50. The first-order valence-electron chi connectivity index (χ1n) is 11.7. The Bertz CT molecular complexity index is 2000. The van der Waals surface area contributed by atoms with E-state index in [2.05, 4.69) is 29.2 Å². The molecule has 0 atom stereocenters. The van der Waals surface area contributed by atoms with E-state index in [0.29, 0.717) is 17.5 Å². The SMILES string of the molecule is O=C1C=c2nc3ccc4ccccc4c3cc2=CC1.O=C1c2ccccc2C(=O)c2c1cc(Cl)c(Cl)c2Cl. The third-order valence-corrected chi connectivity index (χ3v) is 7.92. The smallest absolute Gasteiger partial charge is 0.196 e. The number of ketones is 3. The molecule has 7 heteroatoms. The van der Waals surface area contributed by atoms with Gasteiger partial charge >= 0.3 is 0 Å². The summed E-state index contributed by atoms with van der Waals surface area (Å²) >= 11 is 17.9. The van der Waals surface area contributed by atoms with Gasteiger partial charge in [0.15, 0.2) is 17.3 Å². The maximum absolute atomic E-state index is 12.4. The van der Waals surface area contributed by atoms with Crippen LogP contribution in [-0.4, -0.2) is 22.3 Å². The molecule has 1 aromatic heterocycles. The van der Waals surface area contributed by atoms with E-state index in [4.69, 9.17) is 34.8 Å². The van der Waals surface area contributed by atoms with Crippen molar-refractivity contribution in [2.24, 2.45) is 0 Å². The number of aromatic nitrogens is 1. The zero-order valence-electron chi connectivity index (χ0n) is 19.6. The lowest BCUT2D eigenvalue weighted by Gasteiger charge is -2.19. The van der Waals surface area contributed by atoms with Gasteiger partial charge < -0.3 is 0 Å². The molecule has 2 aliphatic carbocycles. The fourth-order valence-electron chi connectivity index (χ4n) is 4.81. The molecule has 0 N–H and O–H groups in total. The molecule has 0 bridgehead atoms. The standard InChI is InChI=1S/C17H11NO.C14H5Cl3O2/c19-13-7-5-12-9-15-14-4-2-1-3-11(14)6-8-16(15)18-17(12)10-13;15-9-5-8-10(12(17)11(9)16)14(19)7-4-2-1-3-6(7)13(8)18/h1-6,8-10H,7H2;1-5H. The summed E-state index contributed by atoms with van der Waals surface area (Å²) in [6.45, 7) is 0. The van der Waals surface area contributed by atoms with Crippen LogP contribution in [0, 0.1) is 0 Å². The highest BCUT2D eigenvalue weighted by atomic mass is 35.5. The van der Waals surface area contributed by atoms with Crippen LogP contribution >= 0.6 is 34.8 Å². The average molecular weight is 557 g/mol. The number of rotatable bonds is 0. The van der Waals surface area contributed by atoms with E-state index in [9.17, 15) is 14.4 Å². The second-order valence-electron chi connectivity index (χ2n) is 8.95. The van der Waals surface area contributed by atoms with Gasteiger partial charge in [0.05, 0.1) is 31.5 Å². The first-order valence-corrected chi connectivity index (χ1v) is 12.9. The molecule has 0 radical (unpaired) electrons. The van der Waals surface area contributed by atoms with Crippen molar-refractivity contribution in [1.82, 2.24) is 4.98 Å². The first kappa shape index (κ1) is 24.5. The predicted octanol–water partition coefficient (Wildman–Crippen LogP) is 6.34. The maximum Gasteiger partial charge on any atom is 0.196 e. The van der Waals surface area contributed by atoms with Crippen LogP contribution in [0.25, 0.3) is 33.8 Å². The van der Waals surface area contributed by atoms with Gasteiger partial charge in [-0.1, -0.05) is 95.5 Å². The number of fused-ring (bicyclic) bond motifs is 6. The number of Topliss-reactive ketones (excluding diaryl/α,β-unsaturated/α-hetero) is 1. The highest BCUT2D eigenvalue weighted by molar-refractivity contribution is 6.51. The average Bonchev–Trinajstić information content (AvgIpc) is 2.93. The van der Waals surface area contributed by atoms with Crippen LogP contribution in [-0.2, 0) is 4.79 Å². The summed E-state index contributed by atoms with van der Waals surface area (Å²) < 4.78 is 0. The van der Waals surface area contributed by atoms with Gasteiger partial charge in [-0.3, -0.25) is 14.4 Å². The topological polar surface area (TPSA) is 64.1 Å². The van der Waals surface area contributed by atoms with Gasteiger partial charge in [0.2, 0.25) is 0 Å². The predicted molar refractivity (Wildman–Crippen MR) is 152 cm³/mol. The number of carbonyl (C=O) groups is 3. The van der Waals surface area contributed by atoms with Crippen molar-refractivity contribution in [3.05, 3.63) is 121 Å². The van der Waals surface area contributed by atoms with Crippen molar-refractivity contribution in [3.63, 3.8) is 0 Å². The van der Waals surface area contributed by atoms with Crippen molar-refractivity contribution in [2.45, 2.75) is 6.42 Å². The van der Waals surface area contributed by atoms with Crippen molar-refractivity contribution >= 4 is 86.0 Å². The monoisotopic (exact) mass is 555 g/mol. The molecular formula is C31H16Cl3NO3. The Hall–Kier alpha value is -3.83. The van der Waals surface area contributed by atoms with Gasteiger partial charge in [-0.05, 0) is 34.2 Å². The molecule has 0 fully saturated rings. The van der Waals surface area contributed by atoms with E-state index in [0.717, 1.165) is 21.5 Å². The molecule has 38 heavy (non-hydrogen) atoms. The van der Waals surface area contributed by atoms with Gasteiger partial charge in [-0.2, -0.15) is 0 Å². The second kappa shape index (κ2) is 9.48. The zero-order valence-corrected chi connectivity index (χ0v) is 21.9. The number of carbonyl (C=O) groups excluding carboxylic acids is 3. The highest BCUT2D eigenvalue weighted by Crippen LogP contribution is 2.39. The minimum Gasteiger partial charge on any atom is -0.294 e. The Labute approximate surface area is 231 Å². The third-order valence-electron chi connectivity index (χ3n) is 6.66. The van der Waals surface area contributed by atoms with E-state index in [1.807, 2.05) is 24.3 Å². The first-order chi connectivity index (χ1) is 18.3. The van der Waals surface area contributed by atoms with Crippen molar-refractivity contribution in [3.8, 4) is 0 Å². The Kier molecular flexibility index (Phi) is 6.11. The number of pyridine rings is 1. The second-order valence-corrected chi connectivity index (χ2v) is 10.1. The van der Waals surface area contributed by atoms with Crippen molar-refractivity contribution in [1.29, 1.82) is 0 Å². The van der Waals surface area contributed by atoms with Crippen molar-refractivity contribution in [2.75, 3.05) is 0 Å². The van der Waals surface area contributed by atoms with Gasteiger partial charge in [-0.15, -0.1) is 0 Å². The Balaban J connectivity index is 0.000000139. The molecule has 0 saturated carbocycles. The lowest BCUT2D eigenvalue weighted by atomic mass is 9.84. The molecule has 184 valence electrons. The molecular weight excluding hydrogens is 541 g/mol. The number of benzene rings is 4. The van der Waals surface area contributed by atoms with Gasteiger partial charge in [0, 0.05) is 34.6 Å². The normalized spacial score (nSPS) is 13.6. The molecule has 0 spiro atoms. The summed E-state index contributed by atoms with van der Waals surface area (Å²) in [5, 5.41) is 5.69. The zero-order chi connectivity index (χ0) is 26.6. The van der Waals surface area contributed by atoms with E-state index in [-0.39, 0.29) is 43.5 Å². The maximum atomic E-state index is 12.4. The molecule has 4 aromatic carbocycles. The van der Waals surface area contributed by atoms with Crippen LogP contribution < -0.4 is 10.6 Å². The van der Waals surface area contributed by atoms with Crippen LogP contribution in [0.1, 0.15) is 38.3 Å². The van der Waals surface area contributed by atoms with E-state index < -0.39 is 0 Å². The summed E-state index contributed by atoms with van der Waals surface area (Å²) in [7, 11) is 0. The molecule has 2 aliphatic rings. The molecule has 0 saturated heterocycles. The van der Waals surface area contributed by atoms with E-state index in [1.165, 1.54) is 16.8 Å². The van der Waals surface area contributed by atoms with Gasteiger partial charge in [0.25, 0.3) is 0 Å². The molecule has 0 amide bonds. The summed E-state index contributed by atoms with van der Waals surface area (Å²) in [5.41, 5.74) is 1.95. The van der Waals surface area contributed by atoms with E-state index >= 15 is 0 Å². The largest absolute Gasteiger partial charge is 0.294 e. The quantitative estimate of drug-likeness (QED) is 0.162. The minimum atomic E-state index is -0.311. The molecule has 0 unspecified atom stereocenters. The van der Waals surface area contributed by atoms with Crippen LogP contribution in [0.3, 0.4) is 0 Å². The lowest BCUT2D eigenvalue weighted by Crippen LogP contribution is -2.32. The summed E-state index contributed by atoms with van der Waals surface area (Å²) in [6, 6.07) is 22.5. The third kappa shape index (κ3) is 4.02. The van der Waals surface area contributed by atoms with Gasteiger partial charge in [0.1, 0.15) is 0 Å². The van der Waals surface area contributed by atoms with Crippen LogP contribution in [0.2, 0.25) is 15.1 Å². The number of hydrogen-bond donors (Lipinski definition) is 0. The summed E-state index contributed by atoms with van der Waals surface area (Å²) in [6.07, 6.45) is 4.08. The van der Waals surface area contributed by atoms with Crippen molar-refractivity contribution < 1.29 is 14.4 Å². The molecule has 4 nitrogen and oxygen atoms in total. The number of hydrogen-bond acceptors (Lipinski definition) is 4. The minimum absolute atomic E-state index is 0.0250. The molecule has 5 aromatic rings. The molecule has 1 heterocycles. The highest BCUT2D eigenvalue weighted by Gasteiger charge is 2.33. The van der Waals surface area contributed by atoms with Crippen LogP contribution in [0.5, 0.6) is 0 Å². The van der Waals surface area contributed by atoms with Crippen LogP contribution in [0.15, 0.2) is 72.8 Å².